The van der Waals surface area contributed by atoms with E-state index >= 15 is 0 Å². The van der Waals surface area contributed by atoms with Crippen molar-refractivity contribution in [1.29, 1.82) is 0 Å². The van der Waals surface area contributed by atoms with Gasteiger partial charge in [-0.05, 0) is 37.6 Å². The number of rotatable bonds is 6. The summed E-state index contributed by atoms with van der Waals surface area (Å²) >= 11 is 0. The number of carbonyl (C=O) groups is 3. The predicted molar refractivity (Wildman–Crippen MR) is 101 cm³/mol. The fraction of sp³-hybridized carbons (Fsp3) is 0.250. The summed E-state index contributed by atoms with van der Waals surface area (Å²) in [5.41, 5.74) is 3.14. The molecule has 136 valence electrons. The van der Waals surface area contributed by atoms with E-state index in [4.69, 9.17) is 0 Å². The third kappa shape index (κ3) is 5.44. The van der Waals surface area contributed by atoms with Gasteiger partial charge in [0, 0.05) is 18.3 Å². The molecule has 6 nitrogen and oxygen atoms in total. The summed E-state index contributed by atoms with van der Waals surface area (Å²) in [4.78, 5) is 37.6. The third-order valence-corrected chi connectivity index (χ3v) is 3.93. The van der Waals surface area contributed by atoms with Crippen LogP contribution >= 0.6 is 0 Å². The maximum absolute atomic E-state index is 12.1. The van der Waals surface area contributed by atoms with Crippen LogP contribution in [0.5, 0.6) is 0 Å². The van der Waals surface area contributed by atoms with E-state index in [1.54, 1.807) is 24.3 Å². The molecule has 3 amide bonds. The molecule has 0 aliphatic rings. The summed E-state index contributed by atoms with van der Waals surface area (Å²) < 4.78 is 0. The fourth-order valence-electron chi connectivity index (χ4n) is 2.35. The highest BCUT2D eigenvalue weighted by Crippen LogP contribution is 2.08. The minimum Gasteiger partial charge on any atom is -0.343 e. The molecule has 26 heavy (non-hydrogen) atoms. The second kappa shape index (κ2) is 8.80. The molecule has 0 fully saturated rings. The minimum absolute atomic E-state index is 0.0903. The van der Waals surface area contributed by atoms with Crippen LogP contribution in [0.3, 0.4) is 0 Å². The van der Waals surface area contributed by atoms with Crippen molar-refractivity contribution in [3.05, 3.63) is 65.2 Å². The van der Waals surface area contributed by atoms with Crippen LogP contribution in [0, 0.1) is 13.8 Å². The molecule has 2 aromatic carbocycles. The van der Waals surface area contributed by atoms with Gasteiger partial charge in [-0.3, -0.25) is 14.4 Å². The molecular weight excluding hydrogens is 330 g/mol. The van der Waals surface area contributed by atoms with Crippen LogP contribution in [-0.4, -0.2) is 42.8 Å². The van der Waals surface area contributed by atoms with Gasteiger partial charge < -0.3 is 15.5 Å². The monoisotopic (exact) mass is 353 g/mol. The van der Waals surface area contributed by atoms with Gasteiger partial charge in [-0.15, -0.1) is 0 Å². The largest absolute Gasteiger partial charge is 0.343 e. The van der Waals surface area contributed by atoms with Crippen LogP contribution in [-0.2, 0) is 9.59 Å². The SMILES string of the molecule is Cc1ccc(NC(=O)CN(C)C(=O)CNC(=O)c2ccccc2C)cc1. The van der Waals surface area contributed by atoms with Gasteiger partial charge >= 0.3 is 0 Å². The number of hydrogen-bond acceptors (Lipinski definition) is 3. The fourth-order valence-corrected chi connectivity index (χ4v) is 2.35. The van der Waals surface area contributed by atoms with E-state index in [1.807, 2.05) is 38.1 Å². The highest BCUT2D eigenvalue weighted by Gasteiger charge is 2.15. The summed E-state index contributed by atoms with van der Waals surface area (Å²) in [5.74, 6) is -0.949. The van der Waals surface area contributed by atoms with E-state index in [9.17, 15) is 14.4 Å². The van der Waals surface area contributed by atoms with Crippen molar-refractivity contribution in [3.63, 3.8) is 0 Å². The predicted octanol–water partition coefficient (Wildman–Crippen LogP) is 2.13. The quantitative estimate of drug-likeness (QED) is 0.835. The average molecular weight is 353 g/mol. The molecule has 0 unspecified atom stereocenters. The van der Waals surface area contributed by atoms with Crippen LogP contribution in [0.15, 0.2) is 48.5 Å². The molecule has 0 saturated carbocycles. The minimum atomic E-state index is -0.342. The molecule has 0 atom stereocenters. The second-order valence-corrected chi connectivity index (χ2v) is 6.16. The molecule has 0 aliphatic carbocycles. The molecule has 0 heterocycles. The van der Waals surface area contributed by atoms with Crippen LogP contribution in [0.25, 0.3) is 0 Å². The number of hydrogen-bond donors (Lipinski definition) is 2. The number of benzene rings is 2. The van der Waals surface area contributed by atoms with Crippen molar-refractivity contribution in [1.82, 2.24) is 10.2 Å². The van der Waals surface area contributed by atoms with Crippen molar-refractivity contribution in [3.8, 4) is 0 Å². The summed E-state index contributed by atoms with van der Waals surface area (Å²) in [6, 6.07) is 14.5. The number of amides is 3. The molecule has 2 aromatic rings. The second-order valence-electron chi connectivity index (χ2n) is 6.16. The molecule has 0 radical (unpaired) electrons. The van der Waals surface area contributed by atoms with Crippen LogP contribution in [0.4, 0.5) is 5.69 Å². The zero-order valence-electron chi connectivity index (χ0n) is 15.2. The molecule has 0 aliphatic heterocycles. The van der Waals surface area contributed by atoms with Crippen molar-refractivity contribution in [2.24, 2.45) is 0 Å². The van der Waals surface area contributed by atoms with Crippen molar-refractivity contribution in [2.45, 2.75) is 13.8 Å². The first-order chi connectivity index (χ1) is 12.4. The molecule has 6 heteroatoms. The topological polar surface area (TPSA) is 78.5 Å². The average Bonchev–Trinajstić information content (AvgIpc) is 2.61. The standard InChI is InChI=1S/C20H23N3O3/c1-14-8-10-16(11-9-14)22-18(24)13-23(3)19(25)12-21-20(26)17-7-5-4-6-15(17)2/h4-11H,12-13H2,1-3H3,(H,21,26)(H,22,24). The summed E-state index contributed by atoms with van der Waals surface area (Å²) in [7, 11) is 1.52. The van der Waals surface area contributed by atoms with Gasteiger partial charge in [-0.2, -0.15) is 0 Å². The first kappa shape index (κ1) is 19.2. The van der Waals surface area contributed by atoms with Gasteiger partial charge in [-0.1, -0.05) is 35.9 Å². The Balaban J connectivity index is 1.81. The van der Waals surface area contributed by atoms with E-state index in [0.717, 1.165) is 11.1 Å². The molecular formula is C20H23N3O3. The Morgan fingerprint density at radius 3 is 2.27 bits per heavy atom. The Hall–Kier alpha value is -3.15. The number of nitrogens with one attached hydrogen (secondary N) is 2. The summed E-state index contributed by atoms with van der Waals surface area (Å²) in [6.07, 6.45) is 0. The van der Waals surface area contributed by atoms with Gasteiger partial charge in [0.2, 0.25) is 11.8 Å². The Morgan fingerprint density at radius 2 is 1.62 bits per heavy atom. The number of likely N-dealkylation sites (N-methyl/N-ethyl adjacent to an activating group) is 1. The van der Waals surface area contributed by atoms with Crippen LogP contribution in [0.2, 0.25) is 0 Å². The number of nitrogens with zero attached hydrogens (tertiary/aromatic N) is 1. The number of anilines is 1. The zero-order valence-corrected chi connectivity index (χ0v) is 15.2. The Kier molecular flexibility index (Phi) is 6.49. The lowest BCUT2D eigenvalue weighted by atomic mass is 10.1. The first-order valence-corrected chi connectivity index (χ1v) is 8.31. The maximum atomic E-state index is 12.1. The van der Waals surface area contributed by atoms with E-state index in [1.165, 1.54) is 11.9 Å². The molecule has 0 spiro atoms. The maximum Gasteiger partial charge on any atom is 0.251 e. The first-order valence-electron chi connectivity index (χ1n) is 8.31. The Bertz CT molecular complexity index is 800. The van der Waals surface area contributed by atoms with Crippen molar-refractivity contribution in [2.75, 3.05) is 25.5 Å². The molecule has 0 aromatic heterocycles. The van der Waals surface area contributed by atoms with Crippen molar-refractivity contribution < 1.29 is 14.4 Å². The Labute approximate surface area is 153 Å². The van der Waals surface area contributed by atoms with E-state index in [2.05, 4.69) is 10.6 Å². The van der Waals surface area contributed by atoms with Crippen LogP contribution in [0.1, 0.15) is 21.5 Å². The van der Waals surface area contributed by atoms with Crippen molar-refractivity contribution >= 4 is 23.4 Å². The van der Waals surface area contributed by atoms with Gasteiger partial charge in [-0.25, -0.2) is 0 Å². The van der Waals surface area contributed by atoms with Gasteiger partial charge in [0.15, 0.2) is 0 Å². The lowest BCUT2D eigenvalue weighted by Crippen LogP contribution is -2.41. The van der Waals surface area contributed by atoms with Crippen LogP contribution < -0.4 is 10.6 Å². The smallest absolute Gasteiger partial charge is 0.251 e. The Morgan fingerprint density at radius 1 is 0.962 bits per heavy atom. The van der Waals surface area contributed by atoms with Gasteiger partial charge in [0.1, 0.15) is 0 Å². The third-order valence-electron chi connectivity index (χ3n) is 3.93. The molecule has 0 saturated heterocycles. The number of aryl methyl sites for hydroxylation is 2. The molecule has 2 rings (SSSR count). The molecule has 2 N–H and O–H groups in total. The van der Waals surface area contributed by atoms with E-state index in [-0.39, 0.29) is 30.8 Å². The lowest BCUT2D eigenvalue weighted by molar-refractivity contribution is -0.132. The van der Waals surface area contributed by atoms with Gasteiger partial charge in [0.05, 0.1) is 13.1 Å². The summed E-state index contributed by atoms with van der Waals surface area (Å²) in [5, 5.41) is 5.32. The normalized spacial score (nSPS) is 10.1. The molecule has 0 bridgehead atoms. The lowest BCUT2D eigenvalue weighted by Gasteiger charge is -2.17. The summed E-state index contributed by atoms with van der Waals surface area (Å²) in [6.45, 7) is 3.54. The zero-order chi connectivity index (χ0) is 19.1. The highest BCUT2D eigenvalue weighted by atomic mass is 16.2. The van der Waals surface area contributed by atoms with E-state index in [0.29, 0.717) is 11.3 Å². The van der Waals surface area contributed by atoms with Gasteiger partial charge in [0.25, 0.3) is 5.91 Å². The number of carbonyl (C=O) groups excluding carboxylic acids is 3. The highest BCUT2D eigenvalue weighted by molar-refractivity contribution is 5.98. The van der Waals surface area contributed by atoms with E-state index < -0.39 is 0 Å².